The fraction of sp³-hybridized carbons (Fsp3) is 0.0667. The molecule has 0 atom stereocenters. The van der Waals surface area contributed by atoms with E-state index >= 15 is 0 Å². The smallest absolute Gasteiger partial charge is 0.241 e. The number of hydrogen-bond acceptors (Lipinski definition) is 3. The highest BCUT2D eigenvalue weighted by Gasteiger charge is 2.17. The first-order valence-electron chi connectivity index (χ1n) is 6.17. The molecule has 0 amide bonds. The van der Waals surface area contributed by atoms with Gasteiger partial charge >= 0.3 is 0 Å². The zero-order chi connectivity index (χ0) is 14.0. The number of nitrogens with one attached hydrogen (secondary N) is 1. The van der Waals surface area contributed by atoms with Crippen molar-refractivity contribution in [2.75, 3.05) is 0 Å². The van der Waals surface area contributed by atoms with Crippen LogP contribution in [0.25, 0.3) is 10.8 Å². The van der Waals surface area contributed by atoms with Crippen molar-refractivity contribution in [2.45, 2.75) is 11.4 Å². The van der Waals surface area contributed by atoms with Gasteiger partial charge in [0.05, 0.1) is 17.7 Å². The van der Waals surface area contributed by atoms with Crippen molar-refractivity contribution in [3.8, 4) is 0 Å². The predicted octanol–water partition coefficient (Wildman–Crippen LogP) is 2.91. The van der Waals surface area contributed by atoms with Crippen molar-refractivity contribution in [3.05, 3.63) is 66.6 Å². The van der Waals surface area contributed by atoms with Gasteiger partial charge in [0.1, 0.15) is 5.76 Å². The Hall–Kier alpha value is -2.11. The van der Waals surface area contributed by atoms with Crippen LogP contribution in [0.4, 0.5) is 0 Å². The molecule has 20 heavy (non-hydrogen) atoms. The van der Waals surface area contributed by atoms with Crippen LogP contribution in [0.2, 0.25) is 0 Å². The molecular weight excluding hydrogens is 274 g/mol. The monoisotopic (exact) mass is 287 g/mol. The van der Waals surface area contributed by atoms with Gasteiger partial charge in [-0.1, -0.05) is 36.4 Å². The molecule has 1 N–H and O–H groups in total. The maximum atomic E-state index is 12.4. The van der Waals surface area contributed by atoms with E-state index in [4.69, 9.17) is 4.42 Å². The van der Waals surface area contributed by atoms with Gasteiger partial charge in [-0.3, -0.25) is 0 Å². The molecule has 3 aromatic rings. The third-order valence-corrected chi connectivity index (χ3v) is 4.52. The van der Waals surface area contributed by atoms with Crippen LogP contribution in [-0.2, 0) is 16.6 Å². The Morgan fingerprint density at radius 1 is 0.950 bits per heavy atom. The largest absolute Gasteiger partial charge is 0.468 e. The number of benzene rings is 2. The topological polar surface area (TPSA) is 59.3 Å². The molecule has 3 rings (SSSR count). The Morgan fingerprint density at radius 3 is 2.55 bits per heavy atom. The van der Waals surface area contributed by atoms with E-state index in [1.165, 1.54) is 6.26 Å². The molecule has 2 aromatic carbocycles. The number of furan rings is 1. The Balaban J connectivity index is 1.97. The van der Waals surface area contributed by atoms with Gasteiger partial charge in [0.25, 0.3) is 0 Å². The quantitative estimate of drug-likeness (QED) is 0.802. The summed E-state index contributed by atoms with van der Waals surface area (Å²) in [5, 5.41) is 1.61. The first kappa shape index (κ1) is 12.9. The minimum Gasteiger partial charge on any atom is -0.468 e. The second-order valence-electron chi connectivity index (χ2n) is 4.38. The van der Waals surface area contributed by atoms with Gasteiger partial charge in [-0.15, -0.1) is 0 Å². The summed E-state index contributed by atoms with van der Waals surface area (Å²) in [5.74, 6) is 0.578. The van der Waals surface area contributed by atoms with Gasteiger partial charge in [-0.2, -0.15) is 0 Å². The Labute approximate surface area is 117 Å². The van der Waals surface area contributed by atoms with E-state index in [9.17, 15) is 8.42 Å². The molecule has 0 aliphatic rings. The maximum Gasteiger partial charge on any atom is 0.241 e. The predicted molar refractivity (Wildman–Crippen MR) is 76.7 cm³/mol. The lowest BCUT2D eigenvalue weighted by Crippen LogP contribution is -2.23. The number of fused-ring (bicyclic) bond motifs is 1. The van der Waals surface area contributed by atoms with Crippen LogP contribution in [0, 0.1) is 0 Å². The zero-order valence-electron chi connectivity index (χ0n) is 10.6. The first-order chi connectivity index (χ1) is 9.67. The van der Waals surface area contributed by atoms with E-state index in [-0.39, 0.29) is 11.4 Å². The molecule has 0 aliphatic heterocycles. The van der Waals surface area contributed by atoms with Gasteiger partial charge in [0, 0.05) is 5.39 Å². The Morgan fingerprint density at radius 2 is 1.75 bits per heavy atom. The number of sulfonamides is 1. The summed E-state index contributed by atoms with van der Waals surface area (Å²) in [6, 6.07) is 16.1. The lowest BCUT2D eigenvalue weighted by molar-refractivity contribution is 0.499. The van der Waals surface area contributed by atoms with Gasteiger partial charge in [-0.25, -0.2) is 13.1 Å². The fourth-order valence-electron chi connectivity index (χ4n) is 2.09. The van der Waals surface area contributed by atoms with Crippen molar-refractivity contribution < 1.29 is 12.8 Å². The average molecular weight is 287 g/mol. The van der Waals surface area contributed by atoms with E-state index in [1.807, 2.05) is 24.3 Å². The number of rotatable bonds is 4. The molecular formula is C15H13NO3S. The number of hydrogen-bond donors (Lipinski definition) is 1. The van der Waals surface area contributed by atoms with Gasteiger partial charge in [-0.05, 0) is 23.6 Å². The van der Waals surface area contributed by atoms with Crippen LogP contribution in [0.15, 0.2) is 70.2 Å². The molecule has 0 saturated heterocycles. The summed E-state index contributed by atoms with van der Waals surface area (Å²) < 4.78 is 32.5. The second kappa shape index (κ2) is 5.11. The summed E-state index contributed by atoms with van der Waals surface area (Å²) in [6.45, 7) is 0.137. The van der Waals surface area contributed by atoms with Crippen molar-refractivity contribution in [3.63, 3.8) is 0 Å². The molecule has 5 heteroatoms. The molecule has 1 aromatic heterocycles. The van der Waals surface area contributed by atoms with Crippen molar-refractivity contribution >= 4 is 20.8 Å². The van der Waals surface area contributed by atoms with Crippen molar-refractivity contribution in [1.29, 1.82) is 0 Å². The summed E-state index contributed by atoms with van der Waals surface area (Å²) in [6.07, 6.45) is 1.52. The van der Waals surface area contributed by atoms with Crippen molar-refractivity contribution in [2.24, 2.45) is 0 Å². The summed E-state index contributed by atoms with van der Waals surface area (Å²) in [5.41, 5.74) is 0. The minimum atomic E-state index is -3.57. The van der Waals surface area contributed by atoms with Crippen LogP contribution in [0.1, 0.15) is 5.76 Å². The molecule has 102 valence electrons. The maximum absolute atomic E-state index is 12.4. The highest BCUT2D eigenvalue weighted by Crippen LogP contribution is 2.22. The molecule has 0 aliphatic carbocycles. The lowest BCUT2D eigenvalue weighted by Gasteiger charge is -2.08. The summed E-state index contributed by atoms with van der Waals surface area (Å²) in [7, 11) is -3.57. The van der Waals surface area contributed by atoms with E-state index in [2.05, 4.69) is 4.72 Å². The molecule has 1 heterocycles. The van der Waals surface area contributed by atoms with Gasteiger partial charge in [0.2, 0.25) is 10.0 Å². The average Bonchev–Trinajstić information content (AvgIpc) is 2.98. The molecule has 0 saturated carbocycles. The standard InChI is InChI=1S/C15H13NO3S/c17-20(18,16-11-13-7-4-10-19-13)15-9-3-6-12-5-1-2-8-14(12)15/h1-10,16H,11H2. The molecule has 0 spiro atoms. The zero-order valence-corrected chi connectivity index (χ0v) is 11.4. The van der Waals surface area contributed by atoms with Crippen LogP contribution in [0.5, 0.6) is 0 Å². The van der Waals surface area contributed by atoms with Gasteiger partial charge in [0.15, 0.2) is 0 Å². The SMILES string of the molecule is O=S(=O)(NCc1ccco1)c1cccc2ccccc12. The first-order valence-corrected chi connectivity index (χ1v) is 7.65. The van der Waals surface area contributed by atoms with Crippen LogP contribution in [0.3, 0.4) is 0 Å². The van der Waals surface area contributed by atoms with E-state index < -0.39 is 10.0 Å². The van der Waals surface area contributed by atoms with E-state index in [1.54, 1.807) is 30.3 Å². The minimum absolute atomic E-state index is 0.137. The molecule has 0 radical (unpaired) electrons. The summed E-state index contributed by atoms with van der Waals surface area (Å²) >= 11 is 0. The Kier molecular flexibility index (Phi) is 3.30. The summed E-state index contributed by atoms with van der Waals surface area (Å²) in [4.78, 5) is 0.280. The second-order valence-corrected chi connectivity index (χ2v) is 6.12. The molecule has 0 unspecified atom stereocenters. The normalized spacial score (nSPS) is 11.8. The fourth-order valence-corrected chi connectivity index (χ4v) is 3.31. The lowest BCUT2D eigenvalue weighted by atomic mass is 10.1. The van der Waals surface area contributed by atoms with E-state index in [0.29, 0.717) is 11.1 Å². The molecule has 4 nitrogen and oxygen atoms in total. The van der Waals surface area contributed by atoms with Crippen LogP contribution >= 0.6 is 0 Å². The van der Waals surface area contributed by atoms with Crippen molar-refractivity contribution in [1.82, 2.24) is 4.72 Å². The third-order valence-electron chi connectivity index (χ3n) is 3.06. The van der Waals surface area contributed by atoms with Crippen LogP contribution < -0.4 is 4.72 Å². The van der Waals surface area contributed by atoms with E-state index in [0.717, 1.165) is 5.39 Å². The van der Waals surface area contributed by atoms with Crippen LogP contribution in [-0.4, -0.2) is 8.42 Å². The third kappa shape index (κ3) is 2.45. The molecule has 0 fully saturated rings. The highest BCUT2D eigenvalue weighted by atomic mass is 32.2. The highest BCUT2D eigenvalue weighted by molar-refractivity contribution is 7.89. The molecule has 0 bridgehead atoms. The Bertz CT molecular complexity index is 818. The van der Waals surface area contributed by atoms with Gasteiger partial charge < -0.3 is 4.42 Å².